The van der Waals surface area contributed by atoms with Gasteiger partial charge in [0, 0.05) is 17.2 Å². The number of hydroxylamine groups is 1. The third-order valence-corrected chi connectivity index (χ3v) is 5.62. The first-order valence-electron chi connectivity index (χ1n) is 7.33. The van der Waals surface area contributed by atoms with Crippen LogP contribution in [0.3, 0.4) is 0 Å². The maximum absolute atomic E-state index is 12.1. The van der Waals surface area contributed by atoms with Crippen LogP contribution in [0.2, 0.25) is 25.1 Å². The number of carbonyl (C=O) groups is 2. The summed E-state index contributed by atoms with van der Waals surface area (Å²) in [5.41, 5.74) is 4.94. The molecule has 3 N–H and O–H groups in total. The van der Waals surface area contributed by atoms with Gasteiger partial charge in [0.25, 0.3) is 11.8 Å². The number of rotatable bonds is 5. The molecule has 0 aliphatic carbocycles. The molecular formula is C17H10Cl5N3O3. The van der Waals surface area contributed by atoms with E-state index < -0.39 is 11.8 Å². The summed E-state index contributed by atoms with van der Waals surface area (Å²) in [6, 6.07) is 6.26. The predicted octanol–water partition coefficient (Wildman–Crippen LogP) is 5.24. The number of nitrogens with one attached hydrogen (secondary N) is 2. The zero-order valence-electron chi connectivity index (χ0n) is 13.6. The fraction of sp³-hybridized carbons (Fsp3) is 0. The smallest absolute Gasteiger partial charge is 0.271 e. The summed E-state index contributed by atoms with van der Waals surface area (Å²) >= 11 is 30.0. The van der Waals surface area contributed by atoms with Gasteiger partial charge < -0.3 is 0 Å². The summed E-state index contributed by atoms with van der Waals surface area (Å²) < 4.78 is 0. The lowest BCUT2D eigenvalue weighted by Gasteiger charge is -2.08. The highest BCUT2D eigenvalue weighted by molar-refractivity contribution is 6.56. The van der Waals surface area contributed by atoms with Gasteiger partial charge in [-0.25, -0.2) is 10.9 Å². The first-order chi connectivity index (χ1) is 13.3. The number of halogens is 5. The molecule has 0 aromatic heterocycles. The molecule has 0 aliphatic rings. The molecule has 2 amide bonds. The van der Waals surface area contributed by atoms with Crippen molar-refractivity contribution in [3.63, 3.8) is 0 Å². The Balaban J connectivity index is 2.11. The fourth-order valence-electron chi connectivity index (χ4n) is 1.91. The van der Waals surface area contributed by atoms with Crippen molar-refractivity contribution in [1.82, 2.24) is 10.9 Å². The highest BCUT2D eigenvalue weighted by Gasteiger charge is 2.18. The molecular weight excluding hydrogens is 471 g/mol. The Labute approximate surface area is 184 Å². The van der Waals surface area contributed by atoms with Crippen LogP contribution in [0, 0.1) is 0 Å². The molecule has 0 unspecified atom stereocenters. The summed E-state index contributed by atoms with van der Waals surface area (Å²) in [4.78, 5) is 23.1. The molecule has 0 aliphatic heterocycles. The maximum atomic E-state index is 12.1. The van der Waals surface area contributed by atoms with E-state index in [4.69, 9.17) is 63.2 Å². The molecule has 11 heteroatoms. The first-order valence-corrected chi connectivity index (χ1v) is 9.22. The highest BCUT2D eigenvalue weighted by Crippen LogP contribution is 2.43. The minimum Gasteiger partial charge on any atom is -0.288 e. The quantitative estimate of drug-likeness (QED) is 0.136. The molecule has 2 rings (SSSR count). The standard InChI is InChI=1S/C17H10Cl5N3O3/c18-12-10(13(19)15(21)16(22)14(12)20)7-23-24-17(27)9-4-1-8(2-5-9)3-6-11(26)25-28/h1-7,28H,(H,24,27)(H,25,26)/b6-3+,23-7+. The van der Waals surface area contributed by atoms with Crippen molar-refractivity contribution >= 4 is 82.1 Å². The molecule has 0 heterocycles. The number of amides is 2. The van der Waals surface area contributed by atoms with E-state index in [0.29, 0.717) is 11.1 Å². The molecule has 28 heavy (non-hydrogen) atoms. The summed E-state index contributed by atoms with van der Waals surface area (Å²) in [5, 5.41) is 12.4. The predicted molar refractivity (Wildman–Crippen MR) is 112 cm³/mol. The van der Waals surface area contributed by atoms with E-state index >= 15 is 0 Å². The summed E-state index contributed by atoms with van der Waals surface area (Å²) in [7, 11) is 0. The molecule has 2 aromatic rings. The van der Waals surface area contributed by atoms with Crippen molar-refractivity contribution in [2.24, 2.45) is 5.10 Å². The van der Waals surface area contributed by atoms with Crippen LogP contribution in [0.1, 0.15) is 21.5 Å². The van der Waals surface area contributed by atoms with Gasteiger partial charge >= 0.3 is 0 Å². The third-order valence-electron chi connectivity index (χ3n) is 3.31. The average molecular weight is 482 g/mol. The van der Waals surface area contributed by atoms with Crippen LogP contribution < -0.4 is 10.9 Å². The van der Waals surface area contributed by atoms with Crippen molar-refractivity contribution in [2.45, 2.75) is 0 Å². The van der Waals surface area contributed by atoms with Gasteiger partial charge in [-0.15, -0.1) is 0 Å². The zero-order chi connectivity index (χ0) is 20.8. The van der Waals surface area contributed by atoms with Crippen LogP contribution in [0.25, 0.3) is 6.08 Å². The topological polar surface area (TPSA) is 90.8 Å². The van der Waals surface area contributed by atoms with E-state index in [1.165, 1.54) is 29.9 Å². The Morgan fingerprint density at radius 3 is 1.96 bits per heavy atom. The summed E-state index contributed by atoms with van der Waals surface area (Å²) in [5.74, 6) is -1.17. The van der Waals surface area contributed by atoms with Crippen LogP contribution in [-0.2, 0) is 4.79 Å². The van der Waals surface area contributed by atoms with Crippen LogP contribution >= 0.6 is 58.0 Å². The van der Waals surface area contributed by atoms with Gasteiger partial charge in [-0.2, -0.15) is 5.10 Å². The van der Waals surface area contributed by atoms with Crippen LogP contribution in [0.5, 0.6) is 0 Å². The van der Waals surface area contributed by atoms with Gasteiger partial charge in [0.15, 0.2) is 0 Å². The Kier molecular flexibility index (Phi) is 8.12. The van der Waals surface area contributed by atoms with Gasteiger partial charge in [0.1, 0.15) is 0 Å². The van der Waals surface area contributed by atoms with E-state index in [-0.39, 0.29) is 30.7 Å². The van der Waals surface area contributed by atoms with E-state index in [2.05, 4.69) is 10.5 Å². The summed E-state index contributed by atoms with van der Waals surface area (Å²) in [6.45, 7) is 0. The molecule has 2 aromatic carbocycles. The maximum Gasteiger partial charge on any atom is 0.271 e. The third kappa shape index (κ3) is 5.38. The van der Waals surface area contributed by atoms with Gasteiger partial charge in [-0.1, -0.05) is 70.1 Å². The molecule has 0 spiro atoms. The number of benzene rings is 2. The number of nitrogens with zero attached hydrogens (tertiary/aromatic N) is 1. The van der Waals surface area contributed by atoms with Gasteiger partial charge in [0.05, 0.1) is 31.3 Å². The second kappa shape index (κ2) is 10.1. The monoisotopic (exact) mass is 479 g/mol. The van der Waals surface area contributed by atoms with Crippen LogP contribution in [-0.4, -0.2) is 23.2 Å². The Morgan fingerprint density at radius 2 is 1.43 bits per heavy atom. The molecule has 0 radical (unpaired) electrons. The first kappa shape index (κ1) is 22.5. The second-order valence-electron chi connectivity index (χ2n) is 5.11. The number of hydrogen-bond acceptors (Lipinski definition) is 4. The fourth-order valence-corrected chi connectivity index (χ4v) is 3.16. The SMILES string of the molecule is O=C(/C=C/c1ccc(C(=O)N/N=C/c2c(Cl)c(Cl)c(Cl)c(Cl)c2Cl)cc1)NO. The Hall–Kier alpha value is -1.80. The Bertz CT molecular complexity index is 946. The zero-order valence-corrected chi connectivity index (χ0v) is 17.4. The Morgan fingerprint density at radius 1 is 0.893 bits per heavy atom. The highest BCUT2D eigenvalue weighted by atomic mass is 35.5. The summed E-state index contributed by atoms with van der Waals surface area (Å²) in [6.07, 6.45) is 3.79. The largest absolute Gasteiger partial charge is 0.288 e. The van der Waals surface area contributed by atoms with E-state index in [1.54, 1.807) is 12.1 Å². The molecule has 6 nitrogen and oxygen atoms in total. The van der Waals surface area contributed by atoms with Crippen molar-refractivity contribution in [2.75, 3.05) is 0 Å². The van der Waals surface area contributed by atoms with E-state index in [1.807, 2.05) is 0 Å². The molecule has 0 bridgehead atoms. The molecule has 0 atom stereocenters. The normalized spacial score (nSPS) is 11.2. The van der Waals surface area contributed by atoms with E-state index in [0.717, 1.165) is 6.08 Å². The molecule has 0 fully saturated rings. The minimum atomic E-state index is -0.670. The number of hydrogen-bond donors (Lipinski definition) is 3. The minimum absolute atomic E-state index is 0.0176. The van der Waals surface area contributed by atoms with E-state index in [9.17, 15) is 9.59 Å². The van der Waals surface area contributed by atoms with Crippen molar-refractivity contribution in [3.8, 4) is 0 Å². The lowest BCUT2D eigenvalue weighted by atomic mass is 10.1. The number of hydrazone groups is 1. The van der Waals surface area contributed by atoms with Crippen molar-refractivity contribution in [1.29, 1.82) is 0 Å². The van der Waals surface area contributed by atoms with Gasteiger partial charge in [0.2, 0.25) is 0 Å². The van der Waals surface area contributed by atoms with Crippen LogP contribution in [0.4, 0.5) is 0 Å². The average Bonchev–Trinajstić information content (AvgIpc) is 2.71. The lowest BCUT2D eigenvalue weighted by Crippen LogP contribution is -2.17. The lowest BCUT2D eigenvalue weighted by molar-refractivity contribution is -0.124. The number of carbonyl (C=O) groups excluding carboxylic acids is 2. The van der Waals surface area contributed by atoms with Crippen molar-refractivity contribution < 1.29 is 14.8 Å². The van der Waals surface area contributed by atoms with Crippen LogP contribution in [0.15, 0.2) is 35.4 Å². The van der Waals surface area contributed by atoms with Crippen molar-refractivity contribution in [3.05, 3.63) is 72.1 Å². The van der Waals surface area contributed by atoms with Gasteiger partial charge in [-0.05, 0) is 23.8 Å². The molecule has 146 valence electrons. The molecule has 0 saturated carbocycles. The van der Waals surface area contributed by atoms with Gasteiger partial charge in [-0.3, -0.25) is 14.8 Å². The molecule has 0 saturated heterocycles. The second-order valence-corrected chi connectivity index (χ2v) is 7.00.